The molecule has 9 heteroatoms. The molecule has 0 aromatic heterocycles. The van der Waals surface area contributed by atoms with Gasteiger partial charge in [-0.3, -0.25) is 9.59 Å². The van der Waals surface area contributed by atoms with Crippen LogP contribution in [0.15, 0.2) is 42.0 Å². The molecule has 2 aromatic rings. The van der Waals surface area contributed by atoms with E-state index >= 15 is 0 Å². The van der Waals surface area contributed by atoms with E-state index in [9.17, 15) is 19.8 Å². The fraction of sp³-hybridized carbons (Fsp3) is 0.333. The van der Waals surface area contributed by atoms with E-state index in [2.05, 4.69) is 0 Å². The van der Waals surface area contributed by atoms with Gasteiger partial charge in [0.1, 0.15) is 28.8 Å². The first kappa shape index (κ1) is 23.9. The minimum Gasteiger partial charge on any atom is -0.507 e. The van der Waals surface area contributed by atoms with Crippen LogP contribution in [0.5, 0.6) is 23.0 Å². The van der Waals surface area contributed by atoms with Gasteiger partial charge in [-0.1, -0.05) is 0 Å². The van der Waals surface area contributed by atoms with Crippen molar-refractivity contribution in [3.05, 3.63) is 53.1 Å². The molecule has 176 valence electrons. The number of phenols is 1. The first-order chi connectivity index (χ1) is 15.7. The third-order valence-corrected chi connectivity index (χ3v) is 5.52. The molecule has 1 saturated heterocycles. The number of aromatic hydroxyl groups is 1. The standard InChI is InChI=1S/C24H28N2O7/c1-25(2)10-11-26-21(17-12-14(31-3)7-9-19(17)33-5)20(23(29)24(26)30)22(28)16-8-6-15(32-4)13-18(16)27/h6-9,12-13,21,27-28H,10-11H2,1-5H3/t21-/m0/s1. The van der Waals surface area contributed by atoms with E-state index in [0.717, 1.165) is 0 Å². The summed E-state index contributed by atoms with van der Waals surface area (Å²) in [6, 6.07) is 8.37. The summed E-state index contributed by atoms with van der Waals surface area (Å²) in [6.45, 7) is 0.720. The average molecular weight is 456 g/mol. The van der Waals surface area contributed by atoms with Crippen molar-refractivity contribution in [1.29, 1.82) is 0 Å². The van der Waals surface area contributed by atoms with E-state index in [1.807, 2.05) is 19.0 Å². The molecule has 1 aliphatic rings. The molecular formula is C24H28N2O7. The summed E-state index contributed by atoms with van der Waals surface area (Å²) in [4.78, 5) is 29.5. The fourth-order valence-electron chi connectivity index (χ4n) is 3.78. The molecule has 0 saturated carbocycles. The third-order valence-electron chi connectivity index (χ3n) is 5.52. The van der Waals surface area contributed by atoms with Crippen LogP contribution in [-0.2, 0) is 9.59 Å². The Bertz CT molecular complexity index is 1090. The number of rotatable bonds is 8. The quantitative estimate of drug-likeness (QED) is 0.354. The van der Waals surface area contributed by atoms with Gasteiger partial charge in [-0.2, -0.15) is 0 Å². The van der Waals surface area contributed by atoms with Crippen molar-refractivity contribution in [3.63, 3.8) is 0 Å². The van der Waals surface area contributed by atoms with Gasteiger partial charge in [0, 0.05) is 24.7 Å². The number of nitrogens with zero attached hydrogens (tertiary/aromatic N) is 2. The molecule has 33 heavy (non-hydrogen) atoms. The Morgan fingerprint density at radius 1 is 1.00 bits per heavy atom. The zero-order chi connectivity index (χ0) is 24.3. The SMILES string of the molecule is COc1ccc(C(O)=C2C(=O)C(=O)N(CCN(C)C)[C@H]2c2cc(OC)ccc2OC)c(O)c1. The first-order valence-corrected chi connectivity index (χ1v) is 10.3. The number of hydrogen-bond acceptors (Lipinski definition) is 8. The van der Waals surface area contributed by atoms with Crippen LogP contribution in [-0.4, -0.2) is 80.2 Å². The normalized spacial score (nSPS) is 17.5. The van der Waals surface area contributed by atoms with Crippen LogP contribution in [0.3, 0.4) is 0 Å². The van der Waals surface area contributed by atoms with Crippen LogP contribution in [0.4, 0.5) is 0 Å². The number of aliphatic hydroxyl groups excluding tert-OH is 1. The summed E-state index contributed by atoms with van der Waals surface area (Å²) in [5.41, 5.74) is 0.336. The van der Waals surface area contributed by atoms with Crippen molar-refractivity contribution < 1.29 is 34.0 Å². The molecule has 1 fully saturated rings. The van der Waals surface area contributed by atoms with E-state index in [-0.39, 0.29) is 23.4 Å². The molecule has 0 unspecified atom stereocenters. The second kappa shape index (κ2) is 9.83. The van der Waals surface area contributed by atoms with Crippen LogP contribution in [0.25, 0.3) is 5.76 Å². The average Bonchev–Trinajstić information content (AvgIpc) is 3.06. The second-order valence-electron chi connectivity index (χ2n) is 7.79. The summed E-state index contributed by atoms with van der Waals surface area (Å²) in [5, 5.41) is 21.6. The minimum absolute atomic E-state index is 0.00766. The monoisotopic (exact) mass is 456 g/mol. The number of likely N-dealkylation sites (N-methyl/N-ethyl adjacent to an activating group) is 1. The Labute approximate surface area is 192 Å². The Hall–Kier alpha value is -3.72. The molecule has 2 N–H and O–H groups in total. The summed E-state index contributed by atoms with van der Waals surface area (Å²) in [5.74, 6) is -1.09. The maximum atomic E-state index is 13.1. The molecule has 3 rings (SSSR count). The third kappa shape index (κ3) is 4.58. The molecule has 0 aliphatic carbocycles. The van der Waals surface area contributed by atoms with Gasteiger partial charge in [0.2, 0.25) is 0 Å². The second-order valence-corrected chi connectivity index (χ2v) is 7.79. The van der Waals surface area contributed by atoms with Crippen LogP contribution < -0.4 is 14.2 Å². The van der Waals surface area contributed by atoms with Crippen molar-refractivity contribution in [2.75, 3.05) is 48.5 Å². The molecule has 0 radical (unpaired) electrons. The Kier molecular flexibility index (Phi) is 7.13. The molecule has 1 amide bonds. The van der Waals surface area contributed by atoms with Crippen molar-refractivity contribution >= 4 is 17.4 Å². The number of carbonyl (C=O) groups excluding carboxylic acids is 2. The number of hydrogen-bond donors (Lipinski definition) is 2. The van der Waals surface area contributed by atoms with Gasteiger partial charge in [0.25, 0.3) is 11.7 Å². The van der Waals surface area contributed by atoms with Gasteiger partial charge in [-0.15, -0.1) is 0 Å². The highest BCUT2D eigenvalue weighted by atomic mass is 16.5. The number of phenolic OH excluding ortho intramolecular Hbond substituents is 1. The molecule has 9 nitrogen and oxygen atoms in total. The number of ketones is 1. The number of methoxy groups -OCH3 is 3. The zero-order valence-electron chi connectivity index (χ0n) is 19.3. The molecular weight excluding hydrogens is 428 g/mol. The fourth-order valence-corrected chi connectivity index (χ4v) is 3.78. The molecule has 2 aromatic carbocycles. The lowest BCUT2D eigenvalue weighted by atomic mass is 9.94. The van der Waals surface area contributed by atoms with E-state index < -0.39 is 23.5 Å². The van der Waals surface area contributed by atoms with Gasteiger partial charge in [0.05, 0.1) is 38.5 Å². The summed E-state index contributed by atoms with van der Waals surface area (Å²) in [6.07, 6.45) is 0. The summed E-state index contributed by atoms with van der Waals surface area (Å²) in [7, 11) is 8.14. The van der Waals surface area contributed by atoms with E-state index in [1.54, 1.807) is 18.2 Å². The smallest absolute Gasteiger partial charge is 0.295 e. The zero-order valence-corrected chi connectivity index (χ0v) is 19.3. The number of benzene rings is 2. The largest absolute Gasteiger partial charge is 0.507 e. The number of Topliss-reactive ketones (excluding diaryl/α,β-unsaturated/α-hetero) is 1. The van der Waals surface area contributed by atoms with Gasteiger partial charge >= 0.3 is 0 Å². The molecule has 1 heterocycles. The van der Waals surface area contributed by atoms with Gasteiger partial charge < -0.3 is 34.2 Å². The van der Waals surface area contributed by atoms with Gasteiger partial charge in [-0.05, 0) is 44.4 Å². The van der Waals surface area contributed by atoms with Gasteiger partial charge in [0.15, 0.2) is 0 Å². The number of aliphatic hydroxyl groups is 1. The summed E-state index contributed by atoms with van der Waals surface area (Å²) >= 11 is 0. The highest BCUT2D eigenvalue weighted by Crippen LogP contribution is 2.44. The van der Waals surface area contributed by atoms with Crippen molar-refractivity contribution in [3.8, 4) is 23.0 Å². The van der Waals surface area contributed by atoms with Crippen molar-refractivity contribution in [2.24, 2.45) is 0 Å². The van der Waals surface area contributed by atoms with Crippen molar-refractivity contribution in [1.82, 2.24) is 9.80 Å². The number of ether oxygens (including phenoxy) is 3. The van der Waals surface area contributed by atoms with Crippen LogP contribution >= 0.6 is 0 Å². The van der Waals surface area contributed by atoms with Crippen LogP contribution in [0.1, 0.15) is 17.2 Å². The first-order valence-electron chi connectivity index (χ1n) is 10.3. The lowest BCUT2D eigenvalue weighted by Crippen LogP contribution is -2.35. The maximum Gasteiger partial charge on any atom is 0.295 e. The highest BCUT2D eigenvalue weighted by Gasteiger charge is 2.47. The van der Waals surface area contributed by atoms with E-state index in [4.69, 9.17) is 14.2 Å². The predicted molar refractivity (Wildman–Crippen MR) is 122 cm³/mol. The molecule has 1 aliphatic heterocycles. The van der Waals surface area contributed by atoms with Crippen LogP contribution in [0.2, 0.25) is 0 Å². The molecule has 0 bridgehead atoms. The lowest BCUT2D eigenvalue weighted by molar-refractivity contribution is -0.140. The summed E-state index contributed by atoms with van der Waals surface area (Å²) < 4.78 is 15.9. The number of carbonyl (C=O) groups is 2. The predicted octanol–water partition coefficient (Wildman–Crippen LogP) is 2.40. The maximum absolute atomic E-state index is 13.1. The Morgan fingerprint density at radius 3 is 2.21 bits per heavy atom. The number of amides is 1. The lowest BCUT2D eigenvalue weighted by Gasteiger charge is -2.28. The van der Waals surface area contributed by atoms with Gasteiger partial charge in [-0.25, -0.2) is 0 Å². The minimum atomic E-state index is -0.948. The molecule has 0 spiro atoms. The Balaban J connectivity index is 2.26. The van der Waals surface area contributed by atoms with E-state index in [0.29, 0.717) is 29.4 Å². The van der Waals surface area contributed by atoms with E-state index in [1.165, 1.54) is 44.4 Å². The molecule has 1 atom stereocenters. The highest BCUT2D eigenvalue weighted by molar-refractivity contribution is 6.46. The van der Waals surface area contributed by atoms with Crippen LogP contribution in [0, 0.1) is 0 Å². The topological polar surface area (TPSA) is 109 Å². The van der Waals surface area contributed by atoms with Crippen molar-refractivity contribution in [2.45, 2.75) is 6.04 Å². The Morgan fingerprint density at radius 2 is 1.64 bits per heavy atom. The number of likely N-dealkylation sites (tertiary alicyclic amines) is 1.